The summed E-state index contributed by atoms with van der Waals surface area (Å²) in [5, 5.41) is 0. The van der Waals surface area contributed by atoms with E-state index < -0.39 is 0 Å². The van der Waals surface area contributed by atoms with Crippen LogP contribution >= 0.6 is 0 Å². The molecule has 0 radical (unpaired) electrons. The summed E-state index contributed by atoms with van der Waals surface area (Å²) in [6, 6.07) is 10.4. The summed E-state index contributed by atoms with van der Waals surface area (Å²) >= 11 is 0. The Morgan fingerprint density at radius 3 is 2.28 bits per heavy atom. The minimum atomic E-state index is -0.236. The first-order valence-electron chi connectivity index (χ1n) is 6.73. The van der Waals surface area contributed by atoms with E-state index in [1.54, 1.807) is 0 Å². The first-order chi connectivity index (χ1) is 8.43. The number of Topliss-reactive ketones (excluding diaryl/α,β-unsaturated/α-hetero) is 1. The van der Waals surface area contributed by atoms with Gasteiger partial charge in [-0.2, -0.15) is 0 Å². The zero-order valence-corrected chi connectivity index (χ0v) is 12.1. The second-order valence-corrected chi connectivity index (χ2v) is 5.78. The number of likely N-dealkylation sites (N-methyl/N-ethyl adjacent to an activating group) is 1. The van der Waals surface area contributed by atoms with Crippen LogP contribution in [0.25, 0.3) is 0 Å². The van der Waals surface area contributed by atoms with Crippen LogP contribution in [0.15, 0.2) is 30.3 Å². The average Bonchev–Trinajstić information content (AvgIpc) is 2.34. The molecule has 2 heteroatoms. The summed E-state index contributed by atoms with van der Waals surface area (Å²) in [7, 11) is 0. The number of carbonyl (C=O) groups is 1. The van der Waals surface area contributed by atoms with Gasteiger partial charge in [0.1, 0.15) is 0 Å². The predicted molar refractivity (Wildman–Crippen MR) is 76.7 cm³/mol. The summed E-state index contributed by atoms with van der Waals surface area (Å²) in [5.74, 6) is 0.317. The van der Waals surface area contributed by atoms with Gasteiger partial charge in [0.15, 0.2) is 5.78 Å². The molecule has 18 heavy (non-hydrogen) atoms. The lowest BCUT2D eigenvalue weighted by Crippen LogP contribution is -2.36. The molecule has 0 heterocycles. The van der Waals surface area contributed by atoms with Gasteiger partial charge in [0.2, 0.25) is 0 Å². The molecule has 0 atom stereocenters. The molecule has 100 valence electrons. The molecule has 0 unspecified atom stereocenters. The van der Waals surface area contributed by atoms with Crippen LogP contribution in [0.3, 0.4) is 0 Å². The third kappa shape index (κ3) is 5.01. The van der Waals surface area contributed by atoms with Crippen molar-refractivity contribution < 1.29 is 4.79 Å². The highest BCUT2D eigenvalue weighted by Crippen LogP contribution is 2.15. The molecule has 0 aliphatic rings. The van der Waals surface area contributed by atoms with Crippen LogP contribution in [0.5, 0.6) is 0 Å². The minimum absolute atomic E-state index is 0.236. The highest BCUT2D eigenvalue weighted by atomic mass is 16.1. The third-order valence-electron chi connectivity index (χ3n) is 3.21. The standard InChI is InChI=1S/C16H25NO/c1-5-17(13-15(18)16(2,3)4)12-11-14-9-7-6-8-10-14/h6-10H,5,11-13H2,1-4H3. The predicted octanol–water partition coefficient (Wildman–Crippen LogP) is 3.17. The largest absolute Gasteiger partial charge is 0.298 e. The lowest BCUT2D eigenvalue weighted by atomic mass is 9.90. The molecule has 0 aromatic heterocycles. The van der Waals surface area contributed by atoms with Gasteiger partial charge in [-0.15, -0.1) is 0 Å². The highest BCUT2D eigenvalue weighted by molar-refractivity contribution is 5.85. The van der Waals surface area contributed by atoms with Crippen molar-refractivity contribution in [3.8, 4) is 0 Å². The number of carbonyl (C=O) groups excluding carboxylic acids is 1. The van der Waals surface area contributed by atoms with Crippen molar-refractivity contribution >= 4 is 5.78 Å². The van der Waals surface area contributed by atoms with Crippen molar-refractivity contribution in [1.82, 2.24) is 4.90 Å². The molecule has 1 rings (SSSR count). The van der Waals surface area contributed by atoms with Gasteiger partial charge in [-0.05, 0) is 18.5 Å². The van der Waals surface area contributed by atoms with Crippen molar-refractivity contribution in [2.45, 2.75) is 34.1 Å². The van der Waals surface area contributed by atoms with Crippen LogP contribution in [0.1, 0.15) is 33.3 Å². The maximum atomic E-state index is 12.0. The zero-order chi connectivity index (χ0) is 13.6. The lowest BCUT2D eigenvalue weighted by Gasteiger charge is -2.24. The number of hydrogen-bond donors (Lipinski definition) is 0. The van der Waals surface area contributed by atoms with Gasteiger partial charge in [0.05, 0.1) is 6.54 Å². The molecule has 0 spiro atoms. The number of rotatable bonds is 6. The van der Waals surface area contributed by atoms with E-state index in [1.165, 1.54) is 5.56 Å². The van der Waals surface area contributed by atoms with Gasteiger partial charge < -0.3 is 0 Å². The second-order valence-electron chi connectivity index (χ2n) is 5.78. The molecule has 0 aliphatic carbocycles. The Kier molecular flexibility index (Phi) is 5.54. The van der Waals surface area contributed by atoms with Crippen molar-refractivity contribution in [2.24, 2.45) is 5.41 Å². The number of ketones is 1. The summed E-state index contributed by atoms with van der Waals surface area (Å²) < 4.78 is 0. The van der Waals surface area contributed by atoms with E-state index in [0.29, 0.717) is 12.3 Å². The van der Waals surface area contributed by atoms with E-state index in [-0.39, 0.29) is 5.41 Å². The number of nitrogens with zero attached hydrogens (tertiary/aromatic N) is 1. The summed E-state index contributed by atoms with van der Waals surface area (Å²) in [6.45, 7) is 10.5. The molecule has 1 aromatic carbocycles. The SMILES string of the molecule is CCN(CCc1ccccc1)CC(=O)C(C)(C)C. The van der Waals surface area contributed by atoms with Gasteiger partial charge >= 0.3 is 0 Å². The Bertz CT molecular complexity index is 364. The van der Waals surface area contributed by atoms with E-state index in [1.807, 2.05) is 26.8 Å². The van der Waals surface area contributed by atoms with Crippen LogP contribution in [-0.2, 0) is 11.2 Å². The van der Waals surface area contributed by atoms with Crippen LogP contribution in [-0.4, -0.2) is 30.3 Å². The Labute approximate surface area is 111 Å². The van der Waals surface area contributed by atoms with Crippen molar-refractivity contribution in [1.29, 1.82) is 0 Å². The van der Waals surface area contributed by atoms with Crippen molar-refractivity contribution in [2.75, 3.05) is 19.6 Å². The van der Waals surface area contributed by atoms with E-state index in [2.05, 4.69) is 36.1 Å². The van der Waals surface area contributed by atoms with Gasteiger partial charge in [0.25, 0.3) is 0 Å². The first-order valence-corrected chi connectivity index (χ1v) is 6.73. The fourth-order valence-electron chi connectivity index (χ4n) is 1.72. The molecule has 0 saturated carbocycles. The molecule has 0 saturated heterocycles. The lowest BCUT2D eigenvalue weighted by molar-refractivity contribution is -0.127. The third-order valence-corrected chi connectivity index (χ3v) is 3.21. The van der Waals surface area contributed by atoms with E-state index in [4.69, 9.17) is 0 Å². The Hall–Kier alpha value is -1.15. The molecule has 0 bridgehead atoms. The van der Waals surface area contributed by atoms with E-state index in [0.717, 1.165) is 19.5 Å². The second kappa shape index (κ2) is 6.69. The van der Waals surface area contributed by atoms with E-state index >= 15 is 0 Å². The Balaban J connectivity index is 2.46. The summed E-state index contributed by atoms with van der Waals surface area (Å²) in [5.41, 5.74) is 1.10. The molecule has 2 nitrogen and oxygen atoms in total. The molecule has 0 N–H and O–H groups in total. The summed E-state index contributed by atoms with van der Waals surface area (Å²) in [4.78, 5) is 14.2. The van der Waals surface area contributed by atoms with Crippen LogP contribution in [0, 0.1) is 5.41 Å². The van der Waals surface area contributed by atoms with Gasteiger partial charge in [0, 0.05) is 12.0 Å². The number of hydrogen-bond acceptors (Lipinski definition) is 2. The monoisotopic (exact) mass is 247 g/mol. The topological polar surface area (TPSA) is 20.3 Å². The fourth-order valence-corrected chi connectivity index (χ4v) is 1.72. The number of benzene rings is 1. The van der Waals surface area contributed by atoms with E-state index in [9.17, 15) is 4.79 Å². The van der Waals surface area contributed by atoms with Crippen molar-refractivity contribution in [3.63, 3.8) is 0 Å². The molecular formula is C16H25NO. The van der Waals surface area contributed by atoms with Crippen LogP contribution in [0.2, 0.25) is 0 Å². The van der Waals surface area contributed by atoms with Gasteiger partial charge in [-0.1, -0.05) is 58.0 Å². The Morgan fingerprint density at radius 2 is 1.78 bits per heavy atom. The van der Waals surface area contributed by atoms with Crippen molar-refractivity contribution in [3.05, 3.63) is 35.9 Å². The molecule has 0 amide bonds. The summed E-state index contributed by atoms with van der Waals surface area (Å²) in [6.07, 6.45) is 1.01. The molecule has 0 fully saturated rings. The smallest absolute Gasteiger partial charge is 0.152 e. The average molecular weight is 247 g/mol. The first kappa shape index (κ1) is 14.9. The quantitative estimate of drug-likeness (QED) is 0.769. The fraction of sp³-hybridized carbons (Fsp3) is 0.562. The maximum absolute atomic E-state index is 12.0. The normalized spacial score (nSPS) is 11.8. The highest BCUT2D eigenvalue weighted by Gasteiger charge is 2.22. The minimum Gasteiger partial charge on any atom is -0.298 e. The Morgan fingerprint density at radius 1 is 1.17 bits per heavy atom. The van der Waals surface area contributed by atoms with Crippen LogP contribution in [0.4, 0.5) is 0 Å². The molecule has 1 aromatic rings. The maximum Gasteiger partial charge on any atom is 0.152 e. The van der Waals surface area contributed by atoms with Gasteiger partial charge in [-0.3, -0.25) is 9.69 Å². The molecule has 0 aliphatic heterocycles. The molecular weight excluding hydrogens is 222 g/mol. The zero-order valence-electron chi connectivity index (χ0n) is 12.1. The van der Waals surface area contributed by atoms with Crippen LogP contribution < -0.4 is 0 Å². The van der Waals surface area contributed by atoms with Gasteiger partial charge in [-0.25, -0.2) is 0 Å².